The Hall–Kier alpha value is -0.730. The second kappa shape index (κ2) is 3.60. The Bertz CT molecular complexity index is 248. The van der Waals surface area contributed by atoms with E-state index in [1.54, 1.807) is 18.2 Å². The summed E-state index contributed by atoms with van der Waals surface area (Å²) in [6.07, 6.45) is 0. The van der Waals surface area contributed by atoms with Crippen molar-refractivity contribution in [2.24, 2.45) is 0 Å². The van der Waals surface area contributed by atoms with Crippen molar-refractivity contribution >= 4 is 11.6 Å². The molecule has 0 saturated carbocycles. The summed E-state index contributed by atoms with van der Waals surface area (Å²) in [5, 5.41) is 9.21. The topological polar surface area (TPSA) is 29.5 Å². The number of ether oxygens (including phenoxy) is 1. The van der Waals surface area contributed by atoms with Gasteiger partial charge in [-0.3, -0.25) is 0 Å². The Balaban J connectivity index is 3.13. The van der Waals surface area contributed by atoms with Crippen LogP contribution in [0.4, 0.5) is 0 Å². The van der Waals surface area contributed by atoms with Gasteiger partial charge in [-0.05, 0) is 6.07 Å². The van der Waals surface area contributed by atoms with Crippen molar-refractivity contribution in [3.63, 3.8) is 0 Å². The molecule has 1 aromatic rings. The smallest absolute Gasteiger partial charge is 0.143 e. The van der Waals surface area contributed by atoms with Crippen LogP contribution in [0.2, 0.25) is 5.02 Å². The highest BCUT2D eigenvalue weighted by Crippen LogP contribution is 2.28. The fourth-order valence-electron chi connectivity index (χ4n) is 0.843. The Morgan fingerprint density at radius 2 is 2.27 bits per heavy atom. The summed E-state index contributed by atoms with van der Waals surface area (Å²) in [6.45, 7) is 0.963. The van der Waals surface area contributed by atoms with E-state index in [0.717, 1.165) is 6.61 Å². The fourth-order valence-corrected chi connectivity index (χ4v) is 1.10. The van der Waals surface area contributed by atoms with E-state index in [0.29, 0.717) is 16.3 Å². The first-order chi connectivity index (χ1) is 5.29. The molecule has 0 saturated heterocycles. The van der Waals surface area contributed by atoms with E-state index in [4.69, 9.17) is 21.4 Å². The maximum absolute atomic E-state index is 8.71. The summed E-state index contributed by atoms with van der Waals surface area (Å²) in [7, 11) is 1.51. The molecule has 0 amide bonds. The van der Waals surface area contributed by atoms with E-state index in [9.17, 15) is 0 Å². The quantitative estimate of drug-likeness (QED) is 0.740. The molecule has 1 rings (SSSR count). The third kappa shape index (κ3) is 1.64. The Morgan fingerprint density at radius 1 is 1.55 bits per heavy atom. The zero-order valence-corrected chi connectivity index (χ0v) is 6.80. The summed E-state index contributed by atoms with van der Waals surface area (Å²) < 4.78 is 4.94. The number of rotatable bonds is 2. The molecule has 0 bridgehead atoms. The van der Waals surface area contributed by atoms with Crippen molar-refractivity contribution in [1.82, 2.24) is 0 Å². The Kier molecular flexibility index (Phi) is 2.74. The maximum atomic E-state index is 8.71. The van der Waals surface area contributed by atoms with E-state index >= 15 is 0 Å². The summed E-state index contributed by atoms with van der Waals surface area (Å²) in [6, 6.07) is 5.16. The van der Waals surface area contributed by atoms with Crippen LogP contribution in [0, 0.1) is 6.61 Å². The van der Waals surface area contributed by atoms with Crippen molar-refractivity contribution in [3.05, 3.63) is 35.4 Å². The first kappa shape index (κ1) is 8.37. The second-order valence-corrected chi connectivity index (χ2v) is 2.40. The average molecular weight is 172 g/mol. The minimum atomic E-state index is 0.496. The van der Waals surface area contributed by atoms with Crippen molar-refractivity contribution in [1.29, 1.82) is 0 Å². The van der Waals surface area contributed by atoms with Gasteiger partial charge in [0.15, 0.2) is 0 Å². The molecule has 0 aliphatic rings. The lowest BCUT2D eigenvalue weighted by atomic mass is 10.2. The Morgan fingerprint density at radius 3 is 2.73 bits per heavy atom. The summed E-state index contributed by atoms with van der Waals surface area (Å²) >= 11 is 5.75. The van der Waals surface area contributed by atoms with E-state index < -0.39 is 0 Å². The molecule has 0 spiro atoms. The van der Waals surface area contributed by atoms with Crippen LogP contribution in [0.5, 0.6) is 5.75 Å². The molecule has 11 heavy (non-hydrogen) atoms. The van der Waals surface area contributed by atoms with Crippen LogP contribution in [-0.2, 0) is 0 Å². The molecule has 3 heteroatoms. The number of hydrogen-bond donors (Lipinski definition) is 1. The van der Waals surface area contributed by atoms with Crippen LogP contribution in [0.25, 0.3) is 0 Å². The van der Waals surface area contributed by atoms with Crippen molar-refractivity contribution in [3.8, 4) is 5.75 Å². The van der Waals surface area contributed by atoms with Crippen LogP contribution in [0.15, 0.2) is 18.2 Å². The predicted octanol–water partition coefficient (Wildman–Crippen LogP) is 2.23. The predicted molar refractivity (Wildman–Crippen MR) is 43.3 cm³/mol. The van der Waals surface area contributed by atoms with Crippen LogP contribution in [0.3, 0.4) is 0 Å². The SMILES string of the molecule is COc1c(Cl)cccc1[CH]O. The minimum absolute atomic E-state index is 0.496. The second-order valence-electron chi connectivity index (χ2n) is 1.99. The van der Waals surface area contributed by atoms with E-state index in [1.807, 2.05) is 0 Å². The van der Waals surface area contributed by atoms with E-state index in [-0.39, 0.29) is 0 Å². The molecular formula is C8H8ClO2. The van der Waals surface area contributed by atoms with Crippen LogP contribution < -0.4 is 4.74 Å². The zero-order chi connectivity index (χ0) is 8.27. The number of methoxy groups -OCH3 is 1. The molecular weight excluding hydrogens is 164 g/mol. The van der Waals surface area contributed by atoms with Gasteiger partial charge in [-0.15, -0.1) is 0 Å². The number of aliphatic hydroxyl groups excluding tert-OH is 1. The van der Waals surface area contributed by atoms with Gasteiger partial charge in [-0.1, -0.05) is 23.7 Å². The van der Waals surface area contributed by atoms with Crippen LogP contribution >= 0.6 is 11.6 Å². The molecule has 0 fully saturated rings. The summed E-state index contributed by atoms with van der Waals surface area (Å²) in [5.74, 6) is 0.497. The highest BCUT2D eigenvalue weighted by Gasteiger charge is 2.04. The van der Waals surface area contributed by atoms with Gasteiger partial charge in [-0.25, -0.2) is 0 Å². The van der Waals surface area contributed by atoms with E-state index in [2.05, 4.69) is 0 Å². The number of para-hydroxylation sites is 1. The standard InChI is InChI=1S/C8H8ClO2/c1-11-8-6(5-10)3-2-4-7(8)9/h2-5,10H,1H3. The molecule has 0 heterocycles. The van der Waals surface area contributed by atoms with Crippen molar-refractivity contribution < 1.29 is 9.84 Å². The molecule has 0 aromatic heterocycles. The molecule has 2 nitrogen and oxygen atoms in total. The molecule has 1 N–H and O–H groups in total. The lowest BCUT2D eigenvalue weighted by Gasteiger charge is -2.06. The van der Waals surface area contributed by atoms with Gasteiger partial charge in [0.25, 0.3) is 0 Å². The molecule has 1 radical (unpaired) electrons. The highest BCUT2D eigenvalue weighted by molar-refractivity contribution is 6.32. The van der Waals surface area contributed by atoms with Gasteiger partial charge in [0.2, 0.25) is 0 Å². The van der Waals surface area contributed by atoms with Gasteiger partial charge in [0, 0.05) is 5.56 Å². The largest absolute Gasteiger partial charge is 0.495 e. The van der Waals surface area contributed by atoms with Crippen molar-refractivity contribution in [2.45, 2.75) is 0 Å². The third-order valence-corrected chi connectivity index (χ3v) is 1.64. The first-order valence-corrected chi connectivity index (χ1v) is 3.47. The summed E-state index contributed by atoms with van der Waals surface area (Å²) in [5.41, 5.74) is 0.583. The van der Waals surface area contributed by atoms with E-state index in [1.165, 1.54) is 7.11 Å². The highest BCUT2D eigenvalue weighted by atomic mass is 35.5. The molecule has 0 aliphatic heterocycles. The number of aliphatic hydroxyl groups is 1. The number of benzene rings is 1. The molecule has 1 aromatic carbocycles. The van der Waals surface area contributed by atoms with Gasteiger partial charge in [0.05, 0.1) is 12.1 Å². The molecule has 0 unspecified atom stereocenters. The number of hydrogen-bond acceptors (Lipinski definition) is 2. The maximum Gasteiger partial charge on any atom is 0.143 e. The molecule has 0 atom stereocenters. The van der Waals surface area contributed by atoms with Crippen LogP contribution in [-0.4, -0.2) is 12.2 Å². The summed E-state index contributed by atoms with van der Waals surface area (Å²) in [4.78, 5) is 0. The number of halogens is 1. The van der Waals surface area contributed by atoms with Gasteiger partial charge in [0.1, 0.15) is 12.4 Å². The monoisotopic (exact) mass is 171 g/mol. The van der Waals surface area contributed by atoms with Gasteiger partial charge < -0.3 is 9.84 Å². The molecule has 0 aliphatic carbocycles. The lowest BCUT2D eigenvalue weighted by Crippen LogP contribution is -1.90. The lowest BCUT2D eigenvalue weighted by molar-refractivity contribution is 0.384. The van der Waals surface area contributed by atoms with Crippen LogP contribution in [0.1, 0.15) is 5.56 Å². The first-order valence-electron chi connectivity index (χ1n) is 3.09. The average Bonchev–Trinajstić information content (AvgIpc) is 2.04. The van der Waals surface area contributed by atoms with Gasteiger partial charge in [-0.2, -0.15) is 0 Å². The van der Waals surface area contributed by atoms with Gasteiger partial charge >= 0.3 is 0 Å². The Labute approximate surface area is 70.4 Å². The minimum Gasteiger partial charge on any atom is -0.495 e. The van der Waals surface area contributed by atoms with Crippen molar-refractivity contribution in [2.75, 3.05) is 7.11 Å². The third-order valence-electron chi connectivity index (χ3n) is 1.34. The normalized spacial score (nSPS) is 9.73. The fraction of sp³-hybridized carbons (Fsp3) is 0.125. The zero-order valence-electron chi connectivity index (χ0n) is 6.04. The molecule has 59 valence electrons.